The van der Waals surface area contributed by atoms with Crippen molar-refractivity contribution in [3.63, 3.8) is 0 Å². The molecule has 1 N–H and O–H groups in total. The Labute approximate surface area is 93.0 Å². The monoisotopic (exact) mass is 285 g/mol. The third-order valence-corrected chi connectivity index (χ3v) is 2.57. The van der Waals surface area contributed by atoms with Crippen molar-refractivity contribution >= 4 is 27.5 Å². The molecule has 0 aliphatic heterocycles. The first-order valence-electron chi connectivity index (χ1n) is 3.73. The molecule has 0 fully saturated rings. The van der Waals surface area contributed by atoms with Gasteiger partial charge in [0.2, 0.25) is 0 Å². The smallest absolute Gasteiger partial charge is 0.264 e. The molecule has 0 bridgehead atoms. The minimum atomic E-state index is -2.62. The van der Waals surface area contributed by atoms with Crippen LogP contribution in [0.3, 0.4) is 0 Å². The lowest BCUT2D eigenvalue weighted by Gasteiger charge is -2.09. The third kappa shape index (κ3) is 2.40. The van der Waals surface area contributed by atoms with Crippen LogP contribution in [0.15, 0.2) is 6.07 Å². The van der Waals surface area contributed by atoms with Gasteiger partial charge in [-0.15, -0.1) is 0 Å². The van der Waals surface area contributed by atoms with Crippen LogP contribution in [-0.4, -0.2) is 10.1 Å². The number of alkyl halides is 3. The lowest BCUT2D eigenvalue weighted by atomic mass is 10.1. The van der Waals surface area contributed by atoms with Gasteiger partial charge in [-0.1, -0.05) is 27.5 Å². The van der Waals surface area contributed by atoms with Gasteiger partial charge in [-0.3, -0.25) is 0 Å². The minimum Gasteiger partial charge on any atom is -0.390 e. The number of rotatable bonds is 3. The van der Waals surface area contributed by atoms with Gasteiger partial charge in [0.25, 0.3) is 6.43 Å². The number of halogens is 4. The summed E-state index contributed by atoms with van der Waals surface area (Å²) in [5.41, 5.74) is 0.222. The molecule has 0 spiro atoms. The van der Waals surface area contributed by atoms with Gasteiger partial charge in [0.1, 0.15) is 5.15 Å². The van der Waals surface area contributed by atoms with Crippen LogP contribution in [0.5, 0.6) is 0 Å². The fraction of sp³-hybridized carbons (Fsp3) is 0.375. The molecule has 0 saturated heterocycles. The van der Waals surface area contributed by atoms with Crippen molar-refractivity contribution in [1.82, 2.24) is 4.98 Å². The molecule has 0 atom stereocenters. The molecule has 0 aliphatic rings. The van der Waals surface area contributed by atoms with Gasteiger partial charge in [0.15, 0.2) is 0 Å². The lowest BCUT2D eigenvalue weighted by Crippen LogP contribution is -2.00. The van der Waals surface area contributed by atoms with Crippen molar-refractivity contribution in [3.8, 4) is 0 Å². The number of hydrogen-bond acceptors (Lipinski definition) is 2. The zero-order valence-electron chi connectivity index (χ0n) is 6.98. The van der Waals surface area contributed by atoms with Crippen molar-refractivity contribution in [2.75, 3.05) is 0 Å². The molecule has 0 aromatic carbocycles. The highest BCUT2D eigenvalue weighted by Crippen LogP contribution is 2.29. The van der Waals surface area contributed by atoms with E-state index < -0.39 is 13.0 Å². The second-order valence-corrected chi connectivity index (χ2v) is 3.48. The van der Waals surface area contributed by atoms with E-state index in [2.05, 4.69) is 20.9 Å². The molecule has 6 heteroatoms. The van der Waals surface area contributed by atoms with Gasteiger partial charge in [-0.2, -0.15) is 0 Å². The van der Waals surface area contributed by atoms with Crippen molar-refractivity contribution in [1.29, 1.82) is 0 Å². The van der Waals surface area contributed by atoms with Crippen LogP contribution in [0.4, 0.5) is 8.78 Å². The van der Waals surface area contributed by atoms with Gasteiger partial charge < -0.3 is 5.11 Å². The van der Waals surface area contributed by atoms with Crippen LogP contribution in [0, 0.1) is 0 Å². The predicted octanol–water partition coefficient (Wildman–Crippen LogP) is 3.06. The molecule has 1 heterocycles. The number of aliphatic hydroxyl groups excluding tert-OH is 1. The SMILES string of the molecule is OCc1cc(C(F)F)c(CBr)c(Cl)n1. The molecular formula is C8H7BrClF2NO. The van der Waals surface area contributed by atoms with E-state index >= 15 is 0 Å². The van der Waals surface area contributed by atoms with Crippen molar-refractivity contribution in [2.24, 2.45) is 0 Å². The number of aromatic nitrogens is 1. The number of pyridine rings is 1. The maximum absolute atomic E-state index is 12.5. The number of hydrogen-bond donors (Lipinski definition) is 1. The van der Waals surface area contributed by atoms with Crippen LogP contribution in [0.1, 0.15) is 23.2 Å². The Morgan fingerprint density at radius 3 is 2.64 bits per heavy atom. The summed E-state index contributed by atoms with van der Waals surface area (Å²) in [4.78, 5) is 3.76. The van der Waals surface area contributed by atoms with Gasteiger partial charge in [-0.05, 0) is 6.07 Å². The average molecular weight is 287 g/mol. The van der Waals surface area contributed by atoms with E-state index in [-0.39, 0.29) is 27.3 Å². The fourth-order valence-corrected chi connectivity index (χ4v) is 2.05. The molecule has 0 amide bonds. The Morgan fingerprint density at radius 1 is 1.57 bits per heavy atom. The second-order valence-electron chi connectivity index (χ2n) is 2.56. The molecule has 2 nitrogen and oxygen atoms in total. The largest absolute Gasteiger partial charge is 0.390 e. The third-order valence-electron chi connectivity index (χ3n) is 1.69. The van der Waals surface area contributed by atoms with Crippen LogP contribution in [0.25, 0.3) is 0 Å². The highest BCUT2D eigenvalue weighted by molar-refractivity contribution is 9.08. The standard InChI is InChI=1S/C8H7BrClF2NO/c9-2-6-5(8(11)12)1-4(3-14)13-7(6)10/h1,8,14H,2-3H2. The van der Waals surface area contributed by atoms with Crippen molar-refractivity contribution in [3.05, 3.63) is 28.0 Å². The molecular weight excluding hydrogens is 279 g/mol. The van der Waals surface area contributed by atoms with Gasteiger partial charge in [0.05, 0.1) is 12.3 Å². The summed E-state index contributed by atoms with van der Waals surface area (Å²) < 4.78 is 25.0. The summed E-state index contributed by atoms with van der Waals surface area (Å²) in [6.45, 7) is -0.401. The van der Waals surface area contributed by atoms with Crippen LogP contribution in [-0.2, 0) is 11.9 Å². The quantitative estimate of drug-likeness (QED) is 0.684. The summed E-state index contributed by atoms with van der Waals surface area (Å²) in [6, 6.07) is 1.16. The lowest BCUT2D eigenvalue weighted by molar-refractivity contribution is 0.150. The van der Waals surface area contributed by atoms with E-state index in [1.165, 1.54) is 0 Å². The maximum atomic E-state index is 12.5. The first-order chi connectivity index (χ1) is 6.60. The Hall–Kier alpha value is -0.260. The molecule has 1 aromatic rings. The van der Waals surface area contributed by atoms with Crippen molar-refractivity contribution < 1.29 is 13.9 Å². The van der Waals surface area contributed by atoms with E-state index in [0.717, 1.165) is 6.07 Å². The van der Waals surface area contributed by atoms with E-state index in [0.29, 0.717) is 0 Å². The van der Waals surface area contributed by atoms with Crippen LogP contribution < -0.4 is 0 Å². The van der Waals surface area contributed by atoms with E-state index in [1.807, 2.05) is 0 Å². The molecule has 1 aromatic heterocycles. The zero-order chi connectivity index (χ0) is 10.7. The van der Waals surface area contributed by atoms with Gasteiger partial charge in [0, 0.05) is 16.5 Å². The molecule has 1 rings (SSSR count). The normalized spacial score (nSPS) is 11.0. The van der Waals surface area contributed by atoms with E-state index in [4.69, 9.17) is 16.7 Å². The summed E-state index contributed by atoms with van der Waals surface area (Å²) in [5.74, 6) is 0. The van der Waals surface area contributed by atoms with Gasteiger partial charge in [-0.25, -0.2) is 13.8 Å². The Morgan fingerprint density at radius 2 is 2.21 bits per heavy atom. The topological polar surface area (TPSA) is 33.1 Å². The Balaban J connectivity index is 3.28. The first kappa shape index (κ1) is 11.8. The average Bonchev–Trinajstić information content (AvgIpc) is 2.16. The maximum Gasteiger partial charge on any atom is 0.264 e. The zero-order valence-corrected chi connectivity index (χ0v) is 9.32. The first-order valence-corrected chi connectivity index (χ1v) is 5.23. The number of nitrogens with zero attached hydrogens (tertiary/aromatic N) is 1. The van der Waals surface area contributed by atoms with E-state index in [1.54, 1.807) is 0 Å². The second kappa shape index (κ2) is 5.00. The Bertz CT molecular complexity index is 335. The van der Waals surface area contributed by atoms with Crippen LogP contribution >= 0.6 is 27.5 Å². The Kier molecular flexibility index (Phi) is 4.22. The highest BCUT2D eigenvalue weighted by Gasteiger charge is 2.17. The molecule has 0 unspecified atom stereocenters. The predicted molar refractivity (Wildman–Crippen MR) is 52.8 cm³/mol. The van der Waals surface area contributed by atoms with Gasteiger partial charge >= 0.3 is 0 Å². The minimum absolute atomic E-state index is 0.00345. The molecule has 78 valence electrons. The summed E-state index contributed by atoms with van der Waals surface area (Å²) in [6.07, 6.45) is -2.62. The van der Waals surface area contributed by atoms with Crippen molar-refractivity contribution in [2.45, 2.75) is 18.4 Å². The molecule has 0 aliphatic carbocycles. The molecule has 0 saturated carbocycles. The fourth-order valence-electron chi connectivity index (χ4n) is 1.02. The summed E-state index contributed by atoms with van der Waals surface area (Å²) >= 11 is 8.73. The molecule has 14 heavy (non-hydrogen) atoms. The summed E-state index contributed by atoms with van der Waals surface area (Å²) in [5, 5.41) is 8.97. The molecule has 0 radical (unpaired) electrons. The highest BCUT2D eigenvalue weighted by atomic mass is 79.9. The van der Waals surface area contributed by atoms with E-state index in [9.17, 15) is 8.78 Å². The number of aliphatic hydroxyl groups is 1. The van der Waals surface area contributed by atoms with Crippen LogP contribution in [0.2, 0.25) is 5.15 Å². The summed E-state index contributed by atoms with van der Waals surface area (Å²) in [7, 11) is 0.